The molecule has 0 saturated heterocycles. The first kappa shape index (κ1) is 13.7. The summed E-state index contributed by atoms with van der Waals surface area (Å²) in [6.45, 7) is 2.75. The van der Waals surface area contributed by atoms with Gasteiger partial charge in [0.25, 0.3) is 5.91 Å². The second kappa shape index (κ2) is 5.60. The van der Waals surface area contributed by atoms with Crippen LogP contribution in [0.15, 0.2) is 42.5 Å². The third kappa shape index (κ3) is 2.51. The zero-order valence-corrected chi connectivity index (χ0v) is 12.4. The number of methoxy groups -OCH3 is 1. The second-order valence-electron chi connectivity index (χ2n) is 5.37. The normalized spacial score (nSPS) is 13.7. The molecule has 0 bridgehead atoms. The van der Waals surface area contributed by atoms with Crippen LogP contribution in [-0.4, -0.2) is 19.6 Å². The number of aryl methyl sites for hydroxylation is 2. The summed E-state index contributed by atoms with van der Waals surface area (Å²) in [6.07, 6.45) is 1.97. The van der Waals surface area contributed by atoms with Gasteiger partial charge in [-0.2, -0.15) is 0 Å². The van der Waals surface area contributed by atoms with Gasteiger partial charge in [-0.05, 0) is 55.2 Å². The van der Waals surface area contributed by atoms with Crippen LogP contribution in [0.3, 0.4) is 0 Å². The lowest BCUT2D eigenvalue weighted by Crippen LogP contribution is -2.35. The lowest BCUT2D eigenvalue weighted by atomic mass is 9.99. The van der Waals surface area contributed by atoms with Gasteiger partial charge in [0.15, 0.2) is 0 Å². The van der Waals surface area contributed by atoms with E-state index >= 15 is 0 Å². The molecule has 2 aromatic rings. The Kier molecular flexibility index (Phi) is 3.65. The Morgan fingerprint density at radius 3 is 2.76 bits per heavy atom. The number of amides is 1. The van der Waals surface area contributed by atoms with Crippen LogP contribution in [-0.2, 0) is 6.42 Å². The molecule has 0 unspecified atom stereocenters. The van der Waals surface area contributed by atoms with Gasteiger partial charge in [-0.3, -0.25) is 4.79 Å². The molecule has 0 saturated carbocycles. The number of rotatable bonds is 2. The highest BCUT2D eigenvalue weighted by molar-refractivity contribution is 6.07. The van der Waals surface area contributed by atoms with Crippen LogP contribution in [0.2, 0.25) is 0 Å². The highest BCUT2D eigenvalue weighted by Gasteiger charge is 2.24. The molecule has 3 heteroatoms. The van der Waals surface area contributed by atoms with Crippen molar-refractivity contribution >= 4 is 11.6 Å². The highest BCUT2D eigenvalue weighted by Crippen LogP contribution is 2.31. The molecule has 3 rings (SSSR count). The molecular weight excluding hydrogens is 262 g/mol. The summed E-state index contributed by atoms with van der Waals surface area (Å²) in [6, 6.07) is 13.7. The highest BCUT2D eigenvalue weighted by atomic mass is 16.5. The maximum Gasteiger partial charge on any atom is 0.258 e. The van der Waals surface area contributed by atoms with Gasteiger partial charge in [0.2, 0.25) is 0 Å². The van der Waals surface area contributed by atoms with Crippen molar-refractivity contribution in [1.82, 2.24) is 0 Å². The Balaban J connectivity index is 1.99. The van der Waals surface area contributed by atoms with Gasteiger partial charge in [-0.1, -0.05) is 18.2 Å². The Bertz CT molecular complexity index is 679. The van der Waals surface area contributed by atoms with Crippen molar-refractivity contribution in [3.8, 4) is 5.75 Å². The first-order valence-corrected chi connectivity index (χ1v) is 7.25. The van der Waals surface area contributed by atoms with E-state index < -0.39 is 0 Å². The second-order valence-corrected chi connectivity index (χ2v) is 5.37. The minimum atomic E-state index is 0.0826. The van der Waals surface area contributed by atoms with E-state index in [2.05, 4.69) is 0 Å². The monoisotopic (exact) mass is 281 g/mol. The van der Waals surface area contributed by atoms with E-state index in [0.29, 0.717) is 0 Å². The third-order valence-electron chi connectivity index (χ3n) is 4.03. The molecule has 0 spiro atoms. The topological polar surface area (TPSA) is 29.5 Å². The number of fused-ring (bicyclic) bond motifs is 1. The summed E-state index contributed by atoms with van der Waals surface area (Å²) in [5.41, 5.74) is 3.99. The molecule has 0 fully saturated rings. The summed E-state index contributed by atoms with van der Waals surface area (Å²) < 4.78 is 5.28. The lowest BCUT2D eigenvalue weighted by Gasteiger charge is -2.30. The fourth-order valence-electron chi connectivity index (χ4n) is 2.87. The smallest absolute Gasteiger partial charge is 0.258 e. The number of carbonyl (C=O) groups excluding carboxylic acids is 1. The SMILES string of the molecule is COc1ccc2c(c1)CCCN2C(=O)c1ccccc1C. The van der Waals surface area contributed by atoms with Crippen molar-refractivity contribution in [1.29, 1.82) is 0 Å². The molecule has 0 atom stereocenters. The van der Waals surface area contributed by atoms with Gasteiger partial charge in [0, 0.05) is 17.8 Å². The quantitative estimate of drug-likeness (QED) is 0.841. The van der Waals surface area contributed by atoms with Crippen LogP contribution >= 0.6 is 0 Å². The minimum Gasteiger partial charge on any atom is -0.497 e. The number of hydrogen-bond acceptors (Lipinski definition) is 2. The summed E-state index contributed by atoms with van der Waals surface area (Å²) in [5.74, 6) is 0.929. The van der Waals surface area contributed by atoms with Crippen LogP contribution < -0.4 is 9.64 Å². The van der Waals surface area contributed by atoms with Crippen LogP contribution in [0.25, 0.3) is 0 Å². The Hall–Kier alpha value is -2.29. The van der Waals surface area contributed by atoms with E-state index in [-0.39, 0.29) is 5.91 Å². The maximum atomic E-state index is 12.8. The van der Waals surface area contributed by atoms with Gasteiger partial charge in [-0.25, -0.2) is 0 Å². The summed E-state index contributed by atoms with van der Waals surface area (Å²) in [5, 5.41) is 0. The van der Waals surface area contributed by atoms with Gasteiger partial charge in [0.05, 0.1) is 7.11 Å². The molecule has 0 aromatic heterocycles. The summed E-state index contributed by atoms with van der Waals surface area (Å²) in [7, 11) is 1.67. The van der Waals surface area contributed by atoms with Gasteiger partial charge < -0.3 is 9.64 Å². The van der Waals surface area contributed by atoms with E-state index in [0.717, 1.165) is 42.0 Å². The molecule has 1 aliphatic heterocycles. The van der Waals surface area contributed by atoms with Crippen LogP contribution in [0.1, 0.15) is 27.9 Å². The largest absolute Gasteiger partial charge is 0.497 e. The first-order chi connectivity index (χ1) is 10.2. The van der Waals surface area contributed by atoms with Gasteiger partial charge >= 0.3 is 0 Å². The fourth-order valence-corrected chi connectivity index (χ4v) is 2.87. The minimum absolute atomic E-state index is 0.0826. The molecule has 1 heterocycles. The van der Waals surface area contributed by atoms with Crippen molar-refractivity contribution in [3.05, 3.63) is 59.2 Å². The van der Waals surface area contributed by atoms with Gasteiger partial charge in [0.1, 0.15) is 5.75 Å². The van der Waals surface area contributed by atoms with E-state index in [1.165, 1.54) is 5.56 Å². The molecule has 0 aliphatic carbocycles. The number of anilines is 1. The van der Waals surface area contributed by atoms with Crippen molar-refractivity contribution < 1.29 is 9.53 Å². The molecule has 0 N–H and O–H groups in total. The number of benzene rings is 2. The number of hydrogen-bond donors (Lipinski definition) is 0. The zero-order valence-electron chi connectivity index (χ0n) is 12.4. The fraction of sp³-hybridized carbons (Fsp3) is 0.278. The van der Waals surface area contributed by atoms with Crippen LogP contribution in [0.5, 0.6) is 5.75 Å². The molecule has 1 aliphatic rings. The Morgan fingerprint density at radius 2 is 2.00 bits per heavy atom. The standard InChI is InChI=1S/C18H19NO2/c1-13-6-3-4-8-16(13)18(20)19-11-5-7-14-12-15(21-2)9-10-17(14)19/h3-4,6,8-10,12H,5,7,11H2,1-2H3. The maximum absolute atomic E-state index is 12.8. The van der Waals surface area contributed by atoms with E-state index in [9.17, 15) is 4.79 Å². The summed E-state index contributed by atoms with van der Waals surface area (Å²) in [4.78, 5) is 14.7. The molecule has 2 aromatic carbocycles. The van der Waals surface area contributed by atoms with E-state index in [4.69, 9.17) is 4.74 Å². The molecule has 3 nitrogen and oxygen atoms in total. The third-order valence-corrected chi connectivity index (χ3v) is 4.03. The molecule has 0 radical (unpaired) electrons. The Labute approximate surface area is 125 Å². The van der Waals surface area contributed by atoms with Crippen LogP contribution in [0, 0.1) is 6.92 Å². The molecule has 108 valence electrons. The lowest BCUT2D eigenvalue weighted by molar-refractivity contribution is 0.0984. The predicted octanol–water partition coefficient (Wildman–Crippen LogP) is 3.60. The number of carbonyl (C=O) groups is 1. The summed E-state index contributed by atoms with van der Waals surface area (Å²) >= 11 is 0. The molecular formula is C18H19NO2. The van der Waals surface area contributed by atoms with E-state index in [1.54, 1.807) is 7.11 Å². The molecule has 1 amide bonds. The first-order valence-electron chi connectivity index (χ1n) is 7.25. The Morgan fingerprint density at radius 1 is 1.19 bits per heavy atom. The van der Waals surface area contributed by atoms with E-state index in [1.807, 2.05) is 54.3 Å². The average molecular weight is 281 g/mol. The zero-order chi connectivity index (χ0) is 14.8. The van der Waals surface area contributed by atoms with Gasteiger partial charge in [-0.15, -0.1) is 0 Å². The van der Waals surface area contributed by atoms with Crippen molar-refractivity contribution in [2.24, 2.45) is 0 Å². The number of nitrogens with zero attached hydrogens (tertiary/aromatic N) is 1. The van der Waals surface area contributed by atoms with Crippen molar-refractivity contribution in [3.63, 3.8) is 0 Å². The van der Waals surface area contributed by atoms with Crippen molar-refractivity contribution in [2.45, 2.75) is 19.8 Å². The molecule has 21 heavy (non-hydrogen) atoms. The van der Waals surface area contributed by atoms with Crippen molar-refractivity contribution in [2.75, 3.05) is 18.6 Å². The number of ether oxygens (including phenoxy) is 1. The average Bonchev–Trinajstić information content (AvgIpc) is 2.53. The van der Waals surface area contributed by atoms with Crippen LogP contribution in [0.4, 0.5) is 5.69 Å². The predicted molar refractivity (Wildman–Crippen MR) is 84.2 cm³/mol.